The van der Waals surface area contributed by atoms with E-state index in [1.807, 2.05) is 4.90 Å². The number of carbonyl (C=O) groups is 3. The van der Waals surface area contributed by atoms with Gasteiger partial charge in [0, 0.05) is 38.6 Å². The van der Waals surface area contributed by atoms with Crippen LogP contribution >= 0.6 is 11.6 Å². The van der Waals surface area contributed by atoms with Crippen LogP contribution in [0, 0.1) is 0 Å². The van der Waals surface area contributed by atoms with Crippen molar-refractivity contribution in [1.82, 2.24) is 30.6 Å². The van der Waals surface area contributed by atoms with E-state index in [9.17, 15) is 14.4 Å². The summed E-state index contributed by atoms with van der Waals surface area (Å²) < 4.78 is 0. The largest absolute Gasteiger partial charge is 0.335 e. The zero-order valence-electron chi connectivity index (χ0n) is 15.0. The first kappa shape index (κ1) is 19.7. The summed E-state index contributed by atoms with van der Waals surface area (Å²) in [5, 5.41) is 0.304. The number of benzene rings is 1. The van der Waals surface area contributed by atoms with E-state index in [2.05, 4.69) is 20.8 Å². The predicted octanol–water partition coefficient (Wildman–Crippen LogP) is 0.349. The van der Waals surface area contributed by atoms with Crippen molar-refractivity contribution in [3.05, 3.63) is 59.1 Å². The molecule has 28 heavy (non-hydrogen) atoms. The van der Waals surface area contributed by atoms with Gasteiger partial charge in [-0.05, 0) is 12.1 Å². The molecule has 0 saturated carbocycles. The highest BCUT2D eigenvalue weighted by Crippen LogP contribution is 2.14. The van der Waals surface area contributed by atoms with Crippen molar-refractivity contribution >= 4 is 29.3 Å². The van der Waals surface area contributed by atoms with Crippen LogP contribution in [-0.2, 0) is 4.79 Å². The molecule has 10 heteroatoms. The Kier molecular flexibility index (Phi) is 6.51. The Morgan fingerprint density at radius 2 is 1.79 bits per heavy atom. The van der Waals surface area contributed by atoms with Crippen LogP contribution in [0.5, 0.6) is 0 Å². The molecular formula is C18H19ClN6O3. The quantitative estimate of drug-likeness (QED) is 0.714. The molecule has 0 atom stereocenters. The van der Waals surface area contributed by atoms with Crippen LogP contribution in [0.15, 0.2) is 42.9 Å². The van der Waals surface area contributed by atoms with Crippen molar-refractivity contribution in [1.29, 1.82) is 0 Å². The van der Waals surface area contributed by atoms with Crippen LogP contribution < -0.4 is 10.9 Å². The highest BCUT2D eigenvalue weighted by Gasteiger charge is 2.24. The van der Waals surface area contributed by atoms with E-state index in [0.717, 1.165) is 0 Å². The first-order valence-electron chi connectivity index (χ1n) is 8.66. The minimum atomic E-state index is -0.488. The second kappa shape index (κ2) is 9.25. The summed E-state index contributed by atoms with van der Waals surface area (Å²) in [5.41, 5.74) is 5.31. The summed E-state index contributed by atoms with van der Waals surface area (Å²) in [4.78, 5) is 47.9. The lowest BCUT2D eigenvalue weighted by atomic mass is 10.2. The van der Waals surface area contributed by atoms with E-state index >= 15 is 0 Å². The average Bonchev–Trinajstić information content (AvgIpc) is 2.73. The van der Waals surface area contributed by atoms with Crippen LogP contribution in [0.1, 0.15) is 20.8 Å². The summed E-state index contributed by atoms with van der Waals surface area (Å²) >= 11 is 5.95. The smallest absolute Gasteiger partial charge is 0.274 e. The third kappa shape index (κ3) is 5.02. The van der Waals surface area contributed by atoms with E-state index < -0.39 is 5.91 Å². The van der Waals surface area contributed by atoms with Crippen LogP contribution in [0.2, 0.25) is 5.02 Å². The number of amides is 3. The fourth-order valence-electron chi connectivity index (χ4n) is 2.76. The second-order valence-electron chi connectivity index (χ2n) is 6.14. The van der Waals surface area contributed by atoms with Gasteiger partial charge in [0.2, 0.25) is 0 Å². The SMILES string of the molecule is O=C(CN1CCN(C(=O)c2cnccn2)CC1)NNC(=O)c1ccccc1Cl. The first-order valence-corrected chi connectivity index (χ1v) is 9.04. The maximum atomic E-state index is 12.3. The van der Waals surface area contributed by atoms with E-state index in [4.69, 9.17) is 11.6 Å². The molecule has 2 heterocycles. The van der Waals surface area contributed by atoms with Gasteiger partial charge in [0.05, 0.1) is 23.3 Å². The number of aromatic nitrogens is 2. The van der Waals surface area contributed by atoms with Crippen molar-refractivity contribution in [3.63, 3.8) is 0 Å². The summed E-state index contributed by atoms with van der Waals surface area (Å²) in [6, 6.07) is 6.56. The molecule has 1 aliphatic rings. The molecule has 9 nitrogen and oxygen atoms in total. The van der Waals surface area contributed by atoms with Gasteiger partial charge in [-0.1, -0.05) is 23.7 Å². The van der Waals surface area contributed by atoms with Gasteiger partial charge in [-0.25, -0.2) is 4.98 Å². The molecule has 1 aromatic heterocycles. The first-order chi connectivity index (χ1) is 13.5. The Morgan fingerprint density at radius 1 is 1.04 bits per heavy atom. The maximum absolute atomic E-state index is 12.3. The maximum Gasteiger partial charge on any atom is 0.274 e. The normalized spacial score (nSPS) is 14.4. The molecule has 0 unspecified atom stereocenters. The van der Waals surface area contributed by atoms with Gasteiger partial charge >= 0.3 is 0 Å². The van der Waals surface area contributed by atoms with Crippen molar-refractivity contribution in [2.24, 2.45) is 0 Å². The topological polar surface area (TPSA) is 108 Å². The van der Waals surface area contributed by atoms with Gasteiger partial charge in [-0.3, -0.25) is 35.1 Å². The standard InChI is InChI=1S/C18H19ClN6O3/c19-14-4-2-1-3-13(14)17(27)23-22-16(26)12-24-7-9-25(10-8-24)18(28)15-11-20-5-6-21-15/h1-6,11H,7-10,12H2,(H,22,26)(H,23,27). The van der Waals surface area contributed by atoms with E-state index in [1.165, 1.54) is 18.6 Å². The molecule has 1 aromatic carbocycles. The highest BCUT2D eigenvalue weighted by atomic mass is 35.5. The molecule has 0 spiro atoms. The summed E-state index contributed by atoms with van der Waals surface area (Å²) in [6.07, 6.45) is 4.42. The summed E-state index contributed by atoms with van der Waals surface area (Å²) in [5.74, 6) is -1.02. The molecular weight excluding hydrogens is 384 g/mol. The lowest BCUT2D eigenvalue weighted by Crippen LogP contribution is -2.53. The molecule has 1 fully saturated rings. The van der Waals surface area contributed by atoms with E-state index in [0.29, 0.717) is 36.9 Å². The van der Waals surface area contributed by atoms with Crippen molar-refractivity contribution in [3.8, 4) is 0 Å². The van der Waals surface area contributed by atoms with E-state index in [1.54, 1.807) is 29.2 Å². The Morgan fingerprint density at radius 3 is 2.46 bits per heavy atom. The Hall–Kier alpha value is -3.04. The van der Waals surface area contributed by atoms with Gasteiger partial charge in [-0.2, -0.15) is 0 Å². The number of hydrazine groups is 1. The summed E-state index contributed by atoms with van der Waals surface area (Å²) in [6.45, 7) is 2.15. The number of nitrogens with zero attached hydrogens (tertiary/aromatic N) is 4. The number of rotatable bonds is 4. The minimum Gasteiger partial charge on any atom is -0.335 e. The van der Waals surface area contributed by atoms with Crippen molar-refractivity contribution in [2.45, 2.75) is 0 Å². The van der Waals surface area contributed by atoms with Gasteiger partial charge in [-0.15, -0.1) is 0 Å². The molecule has 2 N–H and O–H groups in total. The zero-order valence-corrected chi connectivity index (χ0v) is 15.7. The molecule has 1 aliphatic heterocycles. The van der Waals surface area contributed by atoms with Crippen molar-refractivity contribution in [2.75, 3.05) is 32.7 Å². The molecule has 146 valence electrons. The fraction of sp³-hybridized carbons (Fsp3) is 0.278. The lowest BCUT2D eigenvalue weighted by molar-refractivity contribution is -0.123. The van der Waals surface area contributed by atoms with Crippen LogP contribution in [-0.4, -0.2) is 70.2 Å². The Labute approximate surface area is 166 Å². The lowest BCUT2D eigenvalue weighted by Gasteiger charge is -2.34. The number of piperazine rings is 1. The minimum absolute atomic E-state index is 0.107. The molecule has 3 amide bonds. The number of halogens is 1. The molecule has 2 aromatic rings. The predicted molar refractivity (Wildman–Crippen MR) is 101 cm³/mol. The number of hydrogen-bond acceptors (Lipinski definition) is 6. The van der Waals surface area contributed by atoms with Gasteiger partial charge < -0.3 is 4.90 Å². The third-order valence-corrected chi connectivity index (χ3v) is 4.57. The fourth-order valence-corrected chi connectivity index (χ4v) is 2.98. The molecule has 0 bridgehead atoms. The number of hydrogen-bond donors (Lipinski definition) is 2. The highest BCUT2D eigenvalue weighted by molar-refractivity contribution is 6.33. The van der Waals surface area contributed by atoms with Crippen LogP contribution in [0.25, 0.3) is 0 Å². The van der Waals surface area contributed by atoms with Crippen LogP contribution in [0.3, 0.4) is 0 Å². The van der Waals surface area contributed by atoms with E-state index in [-0.39, 0.29) is 23.9 Å². The van der Waals surface area contributed by atoms with Gasteiger partial charge in [0.1, 0.15) is 5.69 Å². The van der Waals surface area contributed by atoms with Gasteiger partial charge in [0.15, 0.2) is 0 Å². The van der Waals surface area contributed by atoms with Crippen LogP contribution in [0.4, 0.5) is 0 Å². The summed E-state index contributed by atoms with van der Waals surface area (Å²) in [7, 11) is 0. The third-order valence-electron chi connectivity index (χ3n) is 4.24. The molecule has 3 rings (SSSR count). The second-order valence-corrected chi connectivity index (χ2v) is 6.55. The average molecular weight is 403 g/mol. The Bertz CT molecular complexity index is 855. The number of carbonyl (C=O) groups excluding carboxylic acids is 3. The Balaban J connectivity index is 1.42. The number of nitrogens with one attached hydrogen (secondary N) is 2. The van der Waals surface area contributed by atoms with Crippen molar-refractivity contribution < 1.29 is 14.4 Å². The zero-order chi connectivity index (χ0) is 19.9. The molecule has 1 saturated heterocycles. The molecule has 0 radical (unpaired) electrons. The van der Waals surface area contributed by atoms with Gasteiger partial charge in [0.25, 0.3) is 17.7 Å². The monoisotopic (exact) mass is 402 g/mol. The molecule has 0 aliphatic carbocycles.